The van der Waals surface area contributed by atoms with Gasteiger partial charge in [0.25, 0.3) is 0 Å². The molecule has 0 atom stereocenters. The predicted molar refractivity (Wildman–Crippen MR) is 69.3 cm³/mol. The van der Waals surface area contributed by atoms with Crippen LogP contribution >= 0.6 is 0 Å². The minimum atomic E-state index is -0.431. The molecule has 4 nitrogen and oxygen atoms in total. The highest BCUT2D eigenvalue weighted by Crippen LogP contribution is 2.33. The van der Waals surface area contributed by atoms with Crippen LogP contribution < -0.4 is 9.47 Å². The number of benzene rings is 1. The topological polar surface area (TPSA) is 44.8 Å². The van der Waals surface area contributed by atoms with Crippen molar-refractivity contribution in [3.63, 3.8) is 0 Å². The minimum absolute atomic E-state index is 0.00686. The van der Waals surface area contributed by atoms with Gasteiger partial charge in [-0.2, -0.15) is 0 Å². The fraction of sp³-hybridized carbons (Fsp3) is 0.500. The van der Waals surface area contributed by atoms with Gasteiger partial charge in [0.2, 0.25) is 0 Å². The van der Waals surface area contributed by atoms with Gasteiger partial charge in [0, 0.05) is 0 Å². The summed E-state index contributed by atoms with van der Waals surface area (Å²) in [5.41, 5.74) is 0.379. The Morgan fingerprint density at radius 2 is 1.67 bits per heavy atom. The smallest absolute Gasteiger partial charge is 0.341 e. The van der Waals surface area contributed by atoms with Crippen LogP contribution in [0.15, 0.2) is 18.2 Å². The predicted octanol–water partition coefficient (Wildman–Crippen LogP) is 3.05. The van der Waals surface area contributed by atoms with Crippen LogP contribution in [0.3, 0.4) is 0 Å². The first-order valence-corrected chi connectivity index (χ1v) is 6.00. The number of hydrogen-bond acceptors (Lipinski definition) is 4. The Morgan fingerprint density at radius 3 is 2.17 bits per heavy atom. The molecule has 4 heteroatoms. The van der Waals surface area contributed by atoms with Crippen molar-refractivity contribution < 1.29 is 19.0 Å². The average Bonchev–Trinajstić information content (AvgIpc) is 2.29. The third-order valence-electron chi connectivity index (χ3n) is 2.10. The lowest BCUT2D eigenvalue weighted by molar-refractivity contribution is 0.0592. The molecule has 0 heterocycles. The van der Waals surface area contributed by atoms with Crippen LogP contribution in [0.1, 0.15) is 38.1 Å². The lowest BCUT2D eigenvalue weighted by Crippen LogP contribution is -2.14. The molecule has 0 aliphatic rings. The van der Waals surface area contributed by atoms with Gasteiger partial charge in [0.1, 0.15) is 5.56 Å². The molecule has 1 aromatic rings. The zero-order valence-electron chi connectivity index (χ0n) is 11.5. The molecule has 0 fully saturated rings. The Balaban J connectivity index is 3.20. The molecule has 0 saturated heterocycles. The van der Waals surface area contributed by atoms with E-state index in [0.29, 0.717) is 17.1 Å². The summed E-state index contributed by atoms with van der Waals surface area (Å²) in [5.74, 6) is 0.564. The Hall–Kier alpha value is -1.71. The molecule has 0 unspecified atom stereocenters. The van der Waals surface area contributed by atoms with E-state index in [4.69, 9.17) is 14.2 Å². The van der Waals surface area contributed by atoms with Crippen LogP contribution in [-0.4, -0.2) is 25.3 Å². The van der Waals surface area contributed by atoms with Crippen molar-refractivity contribution in [2.75, 3.05) is 7.11 Å². The molecule has 0 saturated carbocycles. The molecule has 100 valence electrons. The normalized spacial score (nSPS) is 10.6. The summed E-state index contributed by atoms with van der Waals surface area (Å²) in [6, 6.07) is 5.19. The summed E-state index contributed by atoms with van der Waals surface area (Å²) < 4.78 is 16.1. The van der Waals surface area contributed by atoms with Crippen molar-refractivity contribution in [3.05, 3.63) is 23.8 Å². The van der Waals surface area contributed by atoms with E-state index in [0.717, 1.165) is 0 Å². The van der Waals surface area contributed by atoms with Gasteiger partial charge in [0.05, 0.1) is 19.3 Å². The van der Waals surface area contributed by atoms with Crippen molar-refractivity contribution in [2.45, 2.75) is 39.9 Å². The zero-order valence-corrected chi connectivity index (χ0v) is 11.5. The van der Waals surface area contributed by atoms with Crippen molar-refractivity contribution in [1.82, 2.24) is 0 Å². The summed E-state index contributed by atoms with van der Waals surface area (Å²) in [4.78, 5) is 11.7. The molecule has 0 aromatic heterocycles. The van der Waals surface area contributed by atoms with Gasteiger partial charge in [-0.05, 0) is 39.8 Å². The number of carbonyl (C=O) groups is 1. The minimum Gasteiger partial charge on any atom is -0.487 e. The van der Waals surface area contributed by atoms with E-state index < -0.39 is 5.97 Å². The lowest BCUT2D eigenvalue weighted by Gasteiger charge is -2.19. The third-order valence-corrected chi connectivity index (χ3v) is 2.10. The van der Waals surface area contributed by atoms with Crippen LogP contribution in [0, 0.1) is 0 Å². The Bertz CT molecular complexity index is 410. The summed E-state index contributed by atoms with van der Waals surface area (Å²) in [6.07, 6.45) is -0.0438. The SMILES string of the molecule is COC(=O)c1cccc(OC(C)C)c1OC(C)C. The number of esters is 1. The Kier molecular flexibility index (Phi) is 5.01. The quantitative estimate of drug-likeness (QED) is 0.755. The van der Waals surface area contributed by atoms with Crippen molar-refractivity contribution >= 4 is 5.97 Å². The largest absolute Gasteiger partial charge is 0.487 e. The first-order valence-electron chi connectivity index (χ1n) is 6.00. The molecule has 1 aromatic carbocycles. The van der Waals surface area contributed by atoms with Gasteiger partial charge in [-0.3, -0.25) is 0 Å². The lowest BCUT2D eigenvalue weighted by atomic mass is 10.2. The average molecular weight is 252 g/mol. The van der Waals surface area contributed by atoms with Crippen LogP contribution in [0.5, 0.6) is 11.5 Å². The monoisotopic (exact) mass is 252 g/mol. The van der Waals surface area contributed by atoms with Crippen molar-refractivity contribution in [1.29, 1.82) is 0 Å². The summed E-state index contributed by atoms with van der Waals surface area (Å²) in [6.45, 7) is 7.63. The molecule has 0 N–H and O–H groups in total. The number of carbonyl (C=O) groups excluding carboxylic acids is 1. The highest BCUT2D eigenvalue weighted by Gasteiger charge is 2.19. The highest BCUT2D eigenvalue weighted by molar-refractivity contribution is 5.93. The van der Waals surface area contributed by atoms with Crippen LogP contribution in [0.25, 0.3) is 0 Å². The number of methoxy groups -OCH3 is 1. The number of rotatable bonds is 5. The molecule has 18 heavy (non-hydrogen) atoms. The molecule has 0 aliphatic carbocycles. The van der Waals surface area contributed by atoms with E-state index in [-0.39, 0.29) is 12.2 Å². The Morgan fingerprint density at radius 1 is 1.06 bits per heavy atom. The fourth-order valence-electron chi connectivity index (χ4n) is 1.49. The van der Waals surface area contributed by atoms with E-state index in [2.05, 4.69) is 0 Å². The van der Waals surface area contributed by atoms with E-state index in [9.17, 15) is 4.79 Å². The number of para-hydroxylation sites is 1. The molecular weight excluding hydrogens is 232 g/mol. The summed E-state index contributed by atoms with van der Waals surface area (Å²) in [7, 11) is 1.34. The van der Waals surface area contributed by atoms with Crippen molar-refractivity contribution in [2.24, 2.45) is 0 Å². The maximum Gasteiger partial charge on any atom is 0.341 e. The van der Waals surface area contributed by atoms with Crippen molar-refractivity contribution in [3.8, 4) is 11.5 Å². The first-order chi connectivity index (χ1) is 8.45. The second-order valence-corrected chi connectivity index (χ2v) is 4.46. The van der Waals surface area contributed by atoms with Crippen LogP contribution in [0.4, 0.5) is 0 Å². The van der Waals surface area contributed by atoms with Gasteiger partial charge in [0.15, 0.2) is 11.5 Å². The van der Waals surface area contributed by atoms with Gasteiger partial charge in [-0.1, -0.05) is 6.07 Å². The van der Waals surface area contributed by atoms with E-state index in [1.807, 2.05) is 27.7 Å². The van der Waals surface area contributed by atoms with Gasteiger partial charge in [-0.25, -0.2) is 4.79 Å². The molecule has 0 radical (unpaired) electrons. The maximum atomic E-state index is 11.7. The fourth-order valence-corrected chi connectivity index (χ4v) is 1.49. The van der Waals surface area contributed by atoms with Gasteiger partial charge in [-0.15, -0.1) is 0 Å². The third kappa shape index (κ3) is 3.65. The molecule has 0 bridgehead atoms. The van der Waals surface area contributed by atoms with Crippen LogP contribution in [0.2, 0.25) is 0 Å². The Labute approximate surface area is 108 Å². The van der Waals surface area contributed by atoms with E-state index in [1.165, 1.54) is 7.11 Å². The van der Waals surface area contributed by atoms with E-state index >= 15 is 0 Å². The molecular formula is C14H20O4. The second-order valence-electron chi connectivity index (χ2n) is 4.46. The van der Waals surface area contributed by atoms with E-state index in [1.54, 1.807) is 18.2 Å². The number of ether oxygens (including phenoxy) is 3. The molecule has 1 rings (SSSR count). The molecule has 0 amide bonds. The molecule has 0 aliphatic heterocycles. The maximum absolute atomic E-state index is 11.7. The van der Waals surface area contributed by atoms with Crippen LogP contribution in [-0.2, 0) is 4.74 Å². The summed E-state index contributed by atoms with van der Waals surface area (Å²) >= 11 is 0. The van der Waals surface area contributed by atoms with Gasteiger partial charge < -0.3 is 14.2 Å². The standard InChI is InChI=1S/C14H20O4/c1-9(2)17-12-8-6-7-11(14(15)16-5)13(12)18-10(3)4/h6-10H,1-5H3. The number of hydrogen-bond donors (Lipinski definition) is 0. The molecule has 0 spiro atoms. The second kappa shape index (κ2) is 6.28. The zero-order chi connectivity index (χ0) is 13.7. The first kappa shape index (κ1) is 14.4. The highest BCUT2D eigenvalue weighted by atomic mass is 16.5. The van der Waals surface area contributed by atoms with Gasteiger partial charge >= 0.3 is 5.97 Å². The summed E-state index contributed by atoms with van der Waals surface area (Å²) in [5, 5.41) is 0.